The number of amides is 6. The number of hydrogen-bond donors (Lipinski definition) is 3. The fraction of sp³-hybridized carbons (Fsp3) is 0.381. The van der Waals surface area contributed by atoms with Crippen LogP contribution in [0.3, 0.4) is 0 Å². The zero-order chi connectivity index (χ0) is 42.8. The van der Waals surface area contributed by atoms with Gasteiger partial charge in [0.2, 0.25) is 17.7 Å². The highest BCUT2D eigenvalue weighted by molar-refractivity contribution is 6.24. The van der Waals surface area contributed by atoms with Gasteiger partial charge < -0.3 is 29.2 Å². The number of carboxylic acid groups (broad SMARTS) is 1. The molecule has 0 spiro atoms. The van der Waals surface area contributed by atoms with Gasteiger partial charge in [0.1, 0.15) is 29.1 Å². The molecule has 0 radical (unpaired) electrons. The van der Waals surface area contributed by atoms with Crippen molar-refractivity contribution in [3.63, 3.8) is 0 Å². The van der Waals surface area contributed by atoms with E-state index >= 15 is 0 Å². The molecule has 1 atom stereocenters. The maximum atomic E-state index is 13.4. The molecule has 4 aromatic rings. The lowest BCUT2D eigenvalue weighted by atomic mass is 9.95. The van der Waals surface area contributed by atoms with E-state index < -0.39 is 47.6 Å². The van der Waals surface area contributed by atoms with Crippen molar-refractivity contribution in [2.75, 3.05) is 52.8 Å². The summed E-state index contributed by atoms with van der Waals surface area (Å²) in [5.41, 5.74) is 2.26. The molecule has 0 saturated carbocycles. The summed E-state index contributed by atoms with van der Waals surface area (Å²) in [5.74, 6) is -1.63. The van der Waals surface area contributed by atoms with Crippen molar-refractivity contribution < 1.29 is 48.1 Å². The van der Waals surface area contributed by atoms with Crippen LogP contribution >= 0.6 is 0 Å². The zero-order valence-corrected chi connectivity index (χ0v) is 33.6. The molecular weight excluding hydrogens is 778 g/mol. The molecule has 5 heterocycles. The lowest BCUT2D eigenvalue weighted by molar-refractivity contribution is -0.139. The van der Waals surface area contributed by atoms with Crippen molar-refractivity contribution in [1.29, 1.82) is 0 Å². The molecule has 3 N–H and O–H groups in total. The number of methoxy groups -OCH3 is 2. The number of carbonyl (C=O) groups is 6. The number of nitrogens with one attached hydrogen (secondary N) is 2. The molecule has 7 rings (SSSR count). The number of unbranched alkanes of at least 4 members (excludes halogenated alkanes) is 2. The molecule has 2 aromatic carbocycles. The number of imide groups is 3. The van der Waals surface area contributed by atoms with E-state index in [4.69, 9.17) is 14.2 Å². The summed E-state index contributed by atoms with van der Waals surface area (Å²) in [6, 6.07) is 8.97. The van der Waals surface area contributed by atoms with Crippen LogP contribution in [0.2, 0.25) is 0 Å². The molecule has 2 aromatic heterocycles. The number of aromatic nitrogens is 2. The molecule has 18 heteroatoms. The minimum atomic E-state index is -1.33. The van der Waals surface area contributed by atoms with Crippen molar-refractivity contribution >= 4 is 52.2 Å². The summed E-state index contributed by atoms with van der Waals surface area (Å²) >= 11 is 0. The van der Waals surface area contributed by atoms with E-state index in [0.29, 0.717) is 67.0 Å². The Hall–Kier alpha value is -6.82. The van der Waals surface area contributed by atoms with E-state index in [2.05, 4.69) is 15.6 Å². The van der Waals surface area contributed by atoms with Crippen molar-refractivity contribution in [3.8, 4) is 28.4 Å². The average molecular weight is 824 g/mol. The summed E-state index contributed by atoms with van der Waals surface area (Å²) in [5, 5.41) is 16.2. The Morgan fingerprint density at radius 3 is 2.35 bits per heavy atom. The summed E-state index contributed by atoms with van der Waals surface area (Å²) in [7, 11) is 6.52. The minimum Gasteiger partial charge on any atom is -0.496 e. The number of ether oxygens (including phenoxy) is 3. The van der Waals surface area contributed by atoms with Crippen LogP contribution in [-0.4, -0.2) is 119 Å². The quantitative estimate of drug-likeness (QED) is 0.116. The second-order valence-corrected chi connectivity index (χ2v) is 14.9. The van der Waals surface area contributed by atoms with E-state index in [0.717, 1.165) is 26.5 Å². The number of pyridine rings is 2. The normalized spacial score (nSPS) is 16.7. The van der Waals surface area contributed by atoms with Gasteiger partial charge in [-0.2, -0.15) is 0 Å². The number of piperidine rings is 1. The number of likely N-dealkylation sites (tertiary alicyclic amines) is 1. The van der Waals surface area contributed by atoms with Gasteiger partial charge in [-0.25, -0.2) is 14.7 Å². The maximum Gasteiger partial charge on any atom is 0.414 e. The highest BCUT2D eigenvalue weighted by Crippen LogP contribution is 2.39. The summed E-state index contributed by atoms with van der Waals surface area (Å²) < 4.78 is 19.0. The van der Waals surface area contributed by atoms with Crippen molar-refractivity contribution in [2.24, 2.45) is 13.0 Å². The molecule has 60 heavy (non-hydrogen) atoms. The van der Waals surface area contributed by atoms with E-state index in [1.54, 1.807) is 58.9 Å². The topological polar surface area (TPSA) is 219 Å². The number of hydrogen-bond acceptors (Lipinski definition) is 13. The Morgan fingerprint density at radius 2 is 1.68 bits per heavy atom. The number of carbonyl (C=O) groups excluding carboxylic acids is 5. The molecule has 0 aliphatic carbocycles. The first kappa shape index (κ1) is 41.3. The predicted octanol–water partition coefficient (Wildman–Crippen LogP) is 3.25. The third-order valence-corrected chi connectivity index (χ3v) is 11.1. The number of anilines is 1. The Bertz CT molecular complexity index is 2450. The van der Waals surface area contributed by atoms with Crippen molar-refractivity contribution in [3.05, 3.63) is 75.8 Å². The van der Waals surface area contributed by atoms with Crippen LogP contribution in [-0.2, 0) is 28.0 Å². The molecule has 18 nitrogen and oxygen atoms in total. The first-order valence-corrected chi connectivity index (χ1v) is 19.5. The van der Waals surface area contributed by atoms with Gasteiger partial charge in [0.05, 0.1) is 48.8 Å². The van der Waals surface area contributed by atoms with Gasteiger partial charge in [-0.05, 0) is 61.6 Å². The first-order chi connectivity index (χ1) is 28.8. The zero-order valence-electron chi connectivity index (χ0n) is 33.6. The van der Waals surface area contributed by atoms with Gasteiger partial charge >= 0.3 is 6.09 Å². The van der Waals surface area contributed by atoms with E-state index in [1.165, 1.54) is 10.6 Å². The van der Waals surface area contributed by atoms with E-state index in [-0.39, 0.29) is 48.4 Å². The minimum absolute atomic E-state index is 0.00598. The van der Waals surface area contributed by atoms with Gasteiger partial charge in [-0.1, -0.05) is 6.07 Å². The van der Waals surface area contributed by atoms with Crippen molar-refractivity contribution in [2.45, 2.75) is 44.7 Å². The molecule has 3 aliphatic heterocycles. The van der Waals surface area contributed by atoms with Crippen LogP contribution in [0.4, 0.5) is 10.6 Å². The number of nitrogens with zero attached hydrogens (tertiary/aromatic N) is 5. The summed E-state index contributed by atoms with van der Waals surface area (Å²) in [4.78, 5) is 97.1. The third-order valence-electron chi connectivity index (χ3n) is 11.1. The third kappa shape index (κ3) is 7.84. The molecule has 1 unspecified atom stereocenters. The summed E-state index contributed by atoms with van der Waals surface area (Å²) in [6.07, 6.45) is 3.48. The van der Waals surface area contributed by atoms with Crippen LogP contribution in [0.25, 0.3) is 21.9 Å². The summed E-state index contributed by atoms with van der Waals surface area (Å²) in [6.45, 7) is 1.19. The van der Waals surface area contributed by atoms with Crippen molar-refractivity contribution in [1.82, 2.24) is 29.6 Å². The second-order valence-electron chi connectivity index (χ2n) is 14.9. The maximum absolute atomic E-state index is 13.4. The largest absolute Gasteiger partial charge is 0.496 e. The number of rotatable bonds is 15. The van der Waals surface area contributed by atoms with Crippen LogP contribution in [0.1, 0.15) is 58.4 Å². The van der Waals surface area contributed by atoms with Gasteiger partial charge in [-0.15, -0.1) is 0 Å². The lowest BCUT2D eigenvalue weighted by Gasteiger charge is -2.40. The Kier molecular flexibility index (Phi) is 11.8. The monoisotopic (exact) mass is 823 g/mol. The fourth-order valence-corrected chi connectivity index (χ4v) is 7.96. The smallest absolute Gasteiger partial charge is 0.414 e. The number of aryl methyl sites for hydroxylation is 1. The SMILES string of the molecule is CNc1cc2c(=O)n(C)cc(-c3cc(OC)c(CN4CC(C(=O)N(CCCCCOc5cccc6c5C(=O)N(C5CCC(=O)NC5=O)C6=O)C(=O)O)C4)c(OC)c3)c2cn1. The first-order valence-electron chi connectivity index (χ1n) is 19.5. The molecule has 314 valence electrons. The molecule has 3 aliphatic rings. The Morgan fingerprint density at radius 1 is 0.950 bits per heavy atom. The second kappa shape index (κ2) is 17.2. The fourth-order valence-electron chi connectivity index (χ4n) is 7.96. The Labute approximate surface area is 344 Å². The van der Waals surface area contributed by atoms with Crippen LogP contribution < -0.4 is 30.4 Å². The van der Waals surface area contributed by atoms with E-state index in [1.807, 2.05) is 17.0 Å². The Balaban J connectivity index is 0.922. The van der Waals surface area contributed by atoms with Gasteiger partial charge in [0.25, 0.3) is 17.4 Å². The van der Waals surface area contributed by atoms with Gasteiger partial charge in [-0.3, -0.25) is 43.9 Å². The van der Waals surface area contributed by atoms with Crippen LogP contribution in [0.5, 0.6) is 17.2 Å². The highest BCUT2D eigenvalue weighted by Gasteiger charge is 2.46. The highest BCUT2D eigenvalue weighted by atomic mass is 16.5. The molecular formula is C42H45N7O11. The number of fused-ring (bicyclic) bond motifs is 2. The number of benzene rings is 2. The van der Waals surface area contributed by atoms with Crippen LogP contribution in [0, 0.1) is 5.92 Å². The van der Waals surface area contributed by atoms with Gasteiger partial charge in [0.15, 0.2) is 0 Å². The molecule has 6 amide bonds. The standard InChI is InChI=1S/C42H45N7O11/c1-43-34-17-26-27(18-44-34)28(21-46(2)39(26)53)23-15-32(58-3)29(33(16-23)59-4)22-47-19-24(20-47)38(52)48(42(56)57)13-6-5-7-14-60-31-10-8-9-25-36(31)41(55)49(40(25)54)30-11-12-35(50)45-37(30)51/h8-10,15-18,21,24,30H,5-7,11-14,19-20,22H2,1-4H3,(H,43,44)(H,56,57)(H,45,50,51). The average Bonchev–Trinajstić information content (AvgIpc) is 3.48. The molecule has 2 fully saturated rings. The molecule has 0 bridgehead atoms. The predicted molar refractivity (Wildman–Crippen MR) is 216 cm³/mol. The lowest BCUT2D eigenvalue weighted by Crippen LogP contribution is -2.55. The van der Waals surface area contributed by atoms with E-state index in [9.17, 15) is 38.7 Å². The van der Waals surface area contributed by atoms with Crippen LogP contribution in [0.15, 0.2) is 53.6 Å². The molecule has 2 saturated heterocycles. The van der Waals surface area contributed by atoms with Gasteiger partial charge in [0, 0.05) is 70.0 Å².